The van der Waals surface area contributed by atoms with Crippen LogP contribution in [0.25, 0.3) is 10.9 Å². The number of fused-ring (bicyclic) bond motifs is 1. The number of hydrogen-bond donors (Lipinski definition) is 1. The van der Waals surface area contributed by atoms with Crippen molar-refractivity contribution in [2.75, 3.05) is 25.3 Å². The highest BCUT2D eigenvalue weighted by Gasteiger charge is 2.14. The van der Waals surface area contributed by atoms with Gasteiger partial charge in [-0.05, 0) is 24.6 Å². The van der Waals surface area contributed by atoms with E-state index in [2.05, 4.69) is 26.2 Å². The average Bonchev–Trinajstić information content (AvgIpc) is 2.74. The molecule has 158 valence electrons. The average molecular weight is 492 g/mol. The lowest BCUT2D eigenvalue weighted by Gasteiger charge is -2.13. The van der Waals surface area contributed by atoms with Crippen LogP contribution < -0.4 is 20.3 Å². The van der Waals surface area contributed by atoms with Gasteiger partial charge in [0.15, 0.2) is 5.16 Å². The number of hydrogen-bond acceptors (Lipinski definition) is 6. The van der Waals surface area contributed by atoms with Crippen molar-refractivity contribution >= 4 is 50.2 Å². The van der Waals surface area contributed by atoms with Crippen LogP contribution in [0.15, 0.2) is 50.8 Å². The zero-order valence-electron chi connectivity index (χ0n) is 16.9. The monoisotopic (exact) mass is 491 g/mol. The summed E-state index contributed by atoms with van der Waals surface area (Å²) in [7, 11) is 3.10. The summed E-state index contributed by atoms with van der Waals surface area (Å²) in [4.78, 5) is 30.1. The lowest BCUT2D eigenvalue weighted by atomic mass is 10.2. The zero-order valence-corrected chi connectivity index (χ0v) is 19.3. The van der Waals surface area contributed by atoms with Crippen molar-refractivity contribution in [1.82, 2.24) is 9.55 Å². The van der Waals surface area contributed by atoms with Gasteiger partial charge in [-0.1, -0.05) is 34.6 Å². The van der Waals surface area contributed by atoms with Crippen molar-refractivity contribution < 1.29 is 14.3 Å². The lowest BCUT2D eigenvalue weighted by molar-refractivity contribution is -0.113. The molecule has 0 unspecified atom stereocenters. The van der Waals surface area contributed by atoms with Gasteiger partial charge < -0.3 is 14.8 Å². The van der Waals surface area contributed by atoms with Gasteiger partial charge in [-0.3, -0.25) is 14.2 Å². The van der Waals surface area contributed by atoms with Crippen LogP contribution in [0.1, 0.15) is 13.3 Å². The van der Waals surface area contributed by atoms with Crippen LogP contribution in [-0.2, 0) is 11.3 Å². The Morgan fingerprint density at radius 1 is 1.17 bits per heavy atom. The Balaban J connectivity index is 1.81. The summed E-state index contributed by atoms with van der Waals surface area (Å²) in [5, 5.41) is 3.91. The third kappa shape index (κ3) is 5.14. The molecule has 0 radical (unpaired) electrons. The number of methoxy groups -OCH3 is 2. The smallest absolute Gasteiger partial charge is 0.262 e. The van der Waals surface area contributed by atoms with Gasteiger partial charge in [-0.15, -0.1) is 0 Å². The molecule has 0 atom stereocenters. The number of nitrogens with zero attached hydrogens (tertiary/aromatic N) is 2. The molecule has 2 aromatic carbocycles. The molecule has 7 nitrogen and oxygen atoms in total. The van der Waals surface area contributed by atoms with Crippen LogP contribution in [0.5, 0.6) is 11.5 Å². The molecule has 0 fully saturated rings. The first-order valence-corrected chi connectivity index (χ1v) is 11.1. The van der Waals surface area contributed by atoms with Crippen LogP contribution in [0.3, 0.4) is 0 Å². The molecule has 30 heavy (non-hydrogen) atoms. The van der Waals surface area contributed by atoms with E-state index in [9.17, 15) is 9.59 Å². The molecular weight excluding hydrogens is 470 g/mol. The maximum atomic E-state index is 12.9. The Bertz CT molecular complexity index is 1110. The summed E-state index contributed by atoms with van der Waals surface area (Å²) in [6.07, 6.45) is 0.782. The van der Waals surface area contributed by atoms with Crippen molar-refractivity contribution in [1.29, 1.82) is 0 Å². The molecule has 1 amide bonds. The van der Waals surface area contributed by atoms with Crippen molar-refractivity contribution in [3.8, 4) is 11.5 Å². The van der Waals surface area contributed by atoms with Gasteiger partial charge in [0.05, 0.1) is 30.9 Å². The number of aromatic nitrogens is 2. The molecule has 0 bridgehead atoms. The fraction of sp³-hybridized carbons (Fsp3) is 0.286. The summed E-state index contributed by atoms with van der Waals surface area (Å²) in [5.41, 5.74) is 1.07. The van der Waals surface area contributed by atoms with E-state index < -0.39 is 0 Å². The first-order chi connectivity index (χ1) is 14.4. The van der Waals surface area contributed by atoms with Crippen LogP contribution in [-0.4, -0.2) is 35.4 Å². The van der Waals surface area contributed by atoms with Crippen LogP contribution >= 0.6 is 27.7 Å². The van der Waals surface area contributed by atoms with E-state index in [1.807, 2.05) is 13.0 Å². The molecule has 9 heteroatoms. The van der Waals surface area contributed by atoms with E-state index in [0.717, 1.165) is 10.9 Å². The number of nitrogens with one attached hydrogen (secondary N) is 1. The topological polar surface area (TPSA) is 82.5 Å². The number of thioether (sulfide) groups is 1. The summed E-state index contributed by atoms with van der Waals surface area (Å²) in [5.74, 6) is 1.05. The van der Waals surface area contributed by atoms with Gasteiger partial charge in [0.1, 0.15) is 11.5 Å². The van der Waals surface area contributed by atoms with Gasteiger partial charge in [-0.2, -0.15) is 0 Å². The SMILES string of the molecule is CCCn1c(SCC(=O)Nc2cc(OC)cc(OC)c2)nc2ccc(Br)cc2c1=O. The summed E-state index contributed by atoms with van der Waals surface area (Å²) >= 11 is 4.63. The van der Waals surface area contributed by atoms with Crippen LogP contribution in [0.4, 0.5) is 5.69 Å². The molecule has 0 aliphatic carbocycles. The highest BCUT2D eigenvalue weighted by Crippen LogP contribution is 2.26. The maximum Gasteiger partial charge on any atom is 0.262 e. The van der Waals surface area contributed by atoms with E-state index in [0.29, 0.717) is 39.8 Å². The quantitative estimate of drug-likeness (QED) is 0.373. The maximum absolute atomic E-state index is 12.9. The number of benzene rings is 2. The largest absolute Gasteiger partial charge is 0.497 e. The third-order valence-electron chi connectivity index (χ3n) is 4.30. The standard InChI is InChI=1S/C21H22BrN3O4S/c1-4-7-25-20(27)17-8-13(22)5-6-18(17)24-21(25)30-12-19(26)23-14-9-15(28-2)11-16(10-14)29-3/h5-6,8-11H,4,7,12H2,1-3H3,(H,23,26). The van der Waals surface area contributed by atoms with Gasteiger partial charge >= 0.3 is 0 Å². The zero-order chi connectivity index (χ0) is 21.7. The Hall–Kier alpha value is -2.52. The van der Waals surface area contributed by atoms with Crippen LogP contribution in [0.2, 0.25) is 0 Å². The molecule has 0 spiro atoms. The highest BCUT2D eigenvalue weighted by atomic mass is 79.9. The second-order valence-corrected chi connectivity index (χ2v) is 8.31. The molecule has 3 aromatic rings. The van der Waals surface area contributed by atoms with E-state index in [1.54, 1.807) is 49.1 Å². The summed E-state index contributed by atoms with van der Waals surface area (Å²) in [6.45, 7) is 2.53. The summed E-state index contributed by atoms with van der Waals surface area (Å²) in [6, 6.07) is 10.6. The van der Waals surface area contributed by atoms with Gasteiger partial charge in [0, 0.05) is 34.9 Å². The molecule has 1 N–H and O–H groups in total. The number of halogens is 1. The number of anilines is 1. The minimum Gasteiger partial charge on any atom is -0.497 e. The number of rotatable bonds is 8. The Labute approximate surface area is 186 Å². The minimum atomic E-state index is -0.219. The fourth-order valence-corrected chi connectivity index (χ4v) is 4.10. The fourth-order valence-electron chi connectivity index (χ4n) is 2.91. The van der Waals surface area contributed by atoms with Crippen molar-refractivity contribution in [2.45, 2.75) is 25.0 Å². The second kappa shape index (κ2) is 9.99. The van der Waals surface area contributed by atoms with E-state index in [4.69, 9.17) is 9.47 Å². The van der Waals surface area contributed by atoms with E-state index >= 15 is 0 Å². The number of ether oxygens (including phenoxy) is 2. The number of carbonyl (C=O) groups excluding carboxylic acids is 1. The van der Waals surface area contributed by atoms with Gasteiger partial charge in [0.2, 0.25) is 5.91 Å². The molecule has 1 aromatic heterocycles. The first kappa shape index (κ1) is 22.2. The molecule has 0 aliphatic rings. The third-order valence-corrected chi connectivity index (χ3v) is 5.77. The molecule has 0 aliphatic heterocycles. The highest BCUT2D eigenvalue weighted by molar-refractivity contribution is 9.10. The minimum absolute atomic E-state index is 0.108. The normalized spacial score (nSPS) is 10.8. The van der Waals surface area contributed by atoms with Crippen molar-refractivity contribution in [3.63, 3.8) is 0 Å². The molecule has 0 saturated heterocycles. The van der Waals surface area contributed by atoms with Gasteiger partial charge in [-0.25, -0.2) is 4.98 Å². The molecule has 0 saturated carbocycles. The van der Waals surface area contributed by atoms with E-state index in [-0.39, 0.29) is 17.2 Å². The van der Waals surface area contributed by atoms with Gasteiger partial charge in [0.25, 0.3) is 5.56 Å². The molecular formula is C21H22BrN3O4S. The predicted molar refractivity (Wildman–Crippen MR) is 123 cm³/mol. The molecule has 1 heterocycles. The Morgan fingerprint density at radius 2 is 1.87 bits per heavy atom. The Kier molecular flexibility index (Phi) is 7.38. The van der Waals surface area contributed by atoms with E-state index in [1.165, 1.54) is 11.8 Å². The Morgan fingerprint density at radius 3 is 2.50 bits per heavy atom. The number of amides is 1. The number of carbonyl (C=O) groups is 1. The predicted octanol–water partition coefficient (Wildman–Crippen LogP) is 4.32. The van der Waals surface area contributed by atoms with Crippen molar-refractivity contribution in [2.24, 2.45) is 0 Å². The molecule has 3 rings (SSSR count). The van der Waals surface area contributed by atoms with Crippen LogP contribution in [0, 0.1) is 0 Å². The summed E-state index contributed by atoms with van der Waals surface area (Å²) < 4.78 is 12.9. The first-order valence-electron chi connectivity index (χ1n) is 9.31. The lowest BCUT2D eigenvalue weighted by Crippen LogP contribution is -2.24. The second-order valence-electron chi connectivity index (χ2n) is 6.45. The van der Waals surface area contributed by atoms with Crippen molar-refractivity contribution in [3.05, 3.63) is 51.2 Å².